The number of hydrogen-bond donors (Lipinski definition) is 3. The van der Waals surface area contributed by atoms with Gasteiger partial charge in [-0.05, 0) is 24.3 Å². The summed E-state index contributed by atoms with van der Waals surface area (Å²) in [5.41, 5.74) is 1.10. The van der Waals surface area contributed by atoms with E-state index in [1.807, 2.05) is 6.07 Å². The van der Waals surface area contributed by atoms with Gasteiger partial charge >= 0.3 is 6.03 Å². The van der Waals surface area contributed by atoms with Crippen LogP contribution >= 0.6 is 0 Å². The second-order valence-corrected chi connectivity index (χ2v) is 5.07. The average molecular weight is 343 g/mol. The number of carbonyl (C=O) groups is 2. The highest BCUT2D eigenvalue weighted by Gasteiger charge is 2.09. The number of ether oxygens (including phenoxy) is 2. The van der Waals surface area contributed by atoms with Gasteiger partial charge in [-0.1, -0.05) is 18.2 Å². The molecule has 0 fully saturated rings. The number of hydrogen-bond acceptors (Lipinski definition) is 4. The van der Waals surface area contributed by atoms with Gasteiger partial charge in [0.05, 0.1) is 19.9 Å². The molecule has 0 radical (unpaired) electrons. The van der Waals surface area contributed by atoms with E-state index < -0.39 is 6.03 Å². The molecule has 0 aromatic heterocycles. The zero-order valence-corrected chi connectivity index (χ0v) is 14.2. The molecule has 3 N–H and O–H groups in total. The summed E-state index contributed by atoms with van der Waals surface area (Å²) in [5.74, 6) is 0.943. The Hall–Kier alpha value is -3.22. The Morgan fingerprint density at radius 3 is 2.32 bits per heavy atom. The number of nitrogens with one attached hydrogen (secondary N) is 3. The maximum atomic E-state index is 11.9. The van der Waals surface area contributed by atoms with Gasteiger partial charge in [0.1, 0.15) is 11.5 Å². The average Bonchev–Trinajstić information content (AvgIpc) is 2.66. The highest BCUT2D eigenvalue weighted by molar-refractivity contribution is 5.94. The predicted octanol–water partition coefficient (Wildman–Crippen LogP) is 2.26. The van der Waals surface area contributed by atoms with Crippen LogP contribution < -0.4 is 25.4 Å². The van der Waals surface area contributed by atoms with Crippen molar-refractivity contribution in [1.29, 1.82) is 0 Å². The highest BCUT2D eigenvalue weighted by atomic mass is 16.5. The van der Waals surface area contributed by atoms with Crippen LogP contribution in [0.1, 0.15) is 10.4 Å². The molecule has 3 amide bonds. The summed E-state index contributed by atoms with van der Waals surface area (Å²) in [7, 11) is 3.06. The molecular formula is C18H21N3O4. The third kappa shape index (κ3) is 5.42. The Morgan fingerprint density at radius 1 is 0.920 bits per heavy atom. The molecule has 0 saturated heterocycles. The van der Waals surface area contributed by atoms with E-state index >= 15 is 0 Å². The maximum absolute atomic E-state index is 11.9. The summed E-state index contributed by atoms with van der Waals surface area (Å²) >= 11 is 0. The normalized spacial score (nSPS) is 9.84. The number of urea groups is 1. The summed E-state index contributed by atoms with van der Waals surface area (Å²) in [6, 6.07) is 13.6. The van der Waals surface area contributed by atoms with E-state index in [9.17, 15) is 9.59 Å². The zero-order chi connectivity index (χ0) is 18.1. The van der Waals surface area contributed by atoms with Crippen molar-refractivity contribution in [2.24, 2.45) is 0 Å². The Kier molecular flexibility index (Phi) is 6.65. The zero-order valence-electron chi connectivity index (χ0n) is 14.2. The molecule has 25 heavy (non-hydrogen) atoms. The third-order valence-corrected chi connectivity index (χ3v) is 3.39. The molecule has 7 heteroatoms. The van der Waals surface area contributed by atoms with E-state index in [4.69, 9.17) is 9.47 Å². The monoisotopic (exact) mass is 343 g/mol. The summed E-state index contributed by atoms with van der Waals surface area (Å²) in [6.07, 6.45) is 0. The minimum atomic E-state index is -0.391. The first kappa shape index (κ1) is 18.1. The first-order chi connectivity index (χ1) is 12.1. The lowest BCUT2D eigenvalue weighted by Gasteiger charge is -2.12. The van der Waals surface area contributed by atoms with E-state index in [-0.39, 0.29) is 5.91 Å². The molecule has 0 aliphatic heterocycles. The molecular weight excluding hydrogens is 322 g/mol. The van der Waals surface area contributed by atoms with Gasteiger partial charge in [-0.2, -0.15) is 0 Å². The minimum Gasteiger partial charge on any atom is -0.497 e. The van der Waals surface area contributed by atoms with Gasteiger partial charge in [0, 0.05) is 24.7 Å². The Morgan fingerprint density at radius 2 is 1.64 bits per heavy atom. The van der Waals surface area contributed by atoms with Crippen LogP contribution in [-0.4, -0.2) is 39.2 Å². The molecule has 2 rings (SSSR count). The lowest BCUT2D eigenvalue weighted by molar-refractivity contribution is 0.0954. The Labute approximate surface area is 146 Å². The molecule has 2 aromatic rings. The fraction of sp³-hybridized carbons (Fsp3) is 0.222. The van der Waals surface area contributed by atoms with Crippen LogP contribution in [0.25, 0.3) is 0 Å². The Bertz CT molecular complexity index is 720. The smallest absolute Gasteiger partial charge is 0.319 e. The summed E-state index contributed by atoms with van der Waals surface area (Å²) in [6.45, 7) is 0.615. The molecule has 0 heterocycles. The van der Waals surface area contributed by atoms with E-state index in [0.29, 0.717) is 35.8 Å². The number of benzene rings is 2. The second-order valence-electron chi connectivity index (χ2n) is 5.07. The predicted molar refractivity (Wildman–Crippen MR) is 95.3 cm³/mol. The van der Waals surface area contributed by atoms with Crippen molar-refractivity contribution in [2.45, 2.75) is 0 Å². The fourth-order valence-electron chi connectivity index (χ4n) is 2.11. The molecule has 7 nitrogen and oxygen atoms in total. The van der Waals surface area contributed by atoms with Crippen molar-refractivity contribution in [2.75, 3.05) is 32.6 Å². The molecule has 0 bridgehead atoms. The molecule has 0 atom stereocenters. The van der Waals surface area contributed by atoms with Crippen LogP contribution in [0.3, 0.4) is 0 Å². The molecule has 0 aliphatic carbocycles. The number of carbonyl (C=O) groups excluding carboxylic acids is 2. The second kappa shape index (κ2) is 9.17. The Balaban J connectivity index is 1.77. The van der Waals surface area contributed by atoms with Crippen LogP contribution in [0.4, 0.5) is 10.5 Å². The van der Waals surface area contributed by atoms with Crippen molar-refractivity contribution in [3.05, 3.63) is 54.1 Å². The molecule has 132 valence electrons. The van der Waals surface area contributed by atoms with Crippen molar-refractivity contribution in [1.82, 2.24) is 10.6 Å². The minimum absolute atomic E-state index is 0.181. The first-order valence-corrected chi connectivity index (χ1v) is 7.74. The number of methoxy groups -OCH3 is 2. The van der Waals surface area contributed by atoms with E-state index in [1.54, 1.807) is 49.6 Å². The van der Waals surface area contributed by atoms with Crippen LogP contribution in [0.2, 0.25) is 0 Å². The summed E-state index contributed by atoms with van der Waals surface area (Å²) < 4.78 is 10.3. The molecule has 0 aliphatic rings. The standard InChI is InChI=1S/C18H21N3O4/c1-24-14-8-9-15(16(12-14)25-2)21-18(23)20-11-10-19-17(22)13-6-4-3-5-7-13/h3-9,12H,10-11H2,1-2H3,(H,19,22)(H2,20,21,23). The number of amides is 3. The maximum Gasteiger partial charge on any atom is 0.319 e. The van der Waals surface area contributed by atoms with Gasteiger partial charge in [-0.15, -0.1) is 0 Å². The number of rotatable bonds is 7. The van der Waals surface area contributed by atoms with Crippen molar-refractivity contribution >= 4 is 17.6 Å². The van der Waals surface area contributed by atoms with Gasteiger partial charge in [0.25, 0.3) is 5.91 Å². The van der Waals surface area contributed by atoms with E-state index in [0.717, 1.165) is 0 Å². The first-order valence-electron chi connectivity index (χ1n) is 7.74. The molecule has 0 spiro atoms. The van der Waals surface area contributed by atoms with Crippen molar-refractivity contribution in [3.8, 4) is 11.5 Å². The molecule has 2 aromatic carbocycles. The summed E-state index contributed by atoms with van der Waals surface area (Å²) in [4.78, 5) is 23.8. The van der Waals surface area contributed by atoms with Gasteiger partial charge in [0.2, 0.25) is 0 Å². The quantitative estimate of drug-likeness (QED) is 0.673. The van der Waals surface area contributed by atoms with Crippen LogP contribution in [0.15, 0.2) is 48.5 Å². The topological polar surface area (TPSA) is 88.7 Å². The highest BCUT2D eigenvalue weighted by Crippen LogP contribution is 2.28. The van der Waals surface area contributed by atoms with Gasteiger partial charge in [-0.25, -0.2) is 4.79 Å². The van der Waals surface area contributed by atoms with Crippen LogP contribution in [0.5, 0.6) is 11.5 Å². The van der Waals surface area contributed by atoms with Crippen molar-refractivity contribution < 1.29 is 19.1 Å². The van der Waals surface area contributed by atoms with Crippen molar-refractivity contribution in [3.63, 3.8) is 0 Å². The van der Waals surface area contributed by atoms with Crippen LogP contribution in [-0.2, 0) is 0 Å². The SMILES string of the molecule is COc1ccc(NC(=O)NCCNC(=O)c2ccccc2)c(OC)c1. The van der Waals surface area contributed by atoms with Crippen LogP contribution in [0, 0.1) is 0 Å². The van der Waals surface area contributed by atoms with Gasteiger partial charge < -0.3 is 25.4 Å². The lowest BCUT2D eigenvalue weighted by Crippen LogP contribution is -2.36. The third-order valence-electron chi connectivity index (χ3n) is 3.39. The molecule has 0 saturated carbocycles. The largest absolute Gasteiger partial charge is 0.497 e. The van der Waals surface area contributed by atoms with Gasteiger partial charge in [0.15, 0.2) is 0 Å². The van der Waals surface area contributed by atoms with E-state index in [2.05, 4.69) is 16.0 Å². The molecule has 0 unspecified atom stereocenters. The van der Waals surface area contributed by atoms with Gasteiger partial charge in [-0.3, -0.25) is 4.79 Å². The summed E-state index contributed by atoms with van der Waals surface area (Å²) in [5, 5.41) is 8.09. The number of anilines is 1. The van der Waals surface area contributed by atoms with E-state index in [1.165, 1.54) is 7.11 Å². The lowest BCUT2D eigenvalue weighted by atomic mass is 10.2. The fourth-order valence-corrected chi connectivity index (χ4v) is 2.11.